The number of anilines is 1. The van der Waals surface area contributed by atoms with Crippen LogP contribution >= 0.6 is 0 Å². The average molecular weight is 460 g/mol. The molecule has 35 heavy (non-hydrogen) atoms. The number of fused-ring (bicyclic) bond motifs is 1. The summed E-state index contributed by atoms with van der Waals surface area (Å²) in [6.45, 7) is 0.326. The molecule has 0 spiro atoms. The largest absolute Gasteiger partial charge is 0.350 e. The number of hydrogen-bond donors (Lipinski definition) is 1. The van der Waals surface area contributed by atoms with E-state index in [9.17, 15) is 9.59 Å². The SMILES string of the molecule is O=C(NCc1ccccc1)C(c1ccccc1)N1C(=O)CN=C(c2ccccc2)c2ccccc21. The molecule has 5 rings (SSSR count). The Kier molecular flexibility index (Phi) is 6.48. The van der Waals surface area contributed by atoms with Gasteiger partial charge < -0.3 is 5.32 Å². The lowest BCUT2D eigenvalue weighted by atomic mass is 9.98. The van der Waals surface area contributed by atoms with Gasteiger partial charge in [-0.2, -0.15) is 0 Å². The molecule has 1 N–H and O–H groups in total. The van der Waals surface area contributed by atoms with Gasteiger partial charge in [0, 0.05) is 17.7 Å². The summed E-state index contributed by atoms with van der Waals surface area (Å²) < 4.78 is 0. The van der Waals surface area contributed by atoms with Crippen LogP contribution in [0.5, 0.6) is 0 Å². The first-order valence-electron chi connectivity index (χ1n) is 11.6. The maximum Gasteiger partial charge on any atom is 0.249 e. The molecule has 0 fully saturated rings. The van der Waals surface area contributed by atoms with E-state index in [0.717, 1.165) is 28.0 Å². The van der Waals surface area contributed by atoms with Crippen molar-refractivity contribution in [2.45, 2.75) is 12.6 Å². The van der Waals surface area contributed by atoms with Crippen LogP contribution in [-0.2, 0) is 16.1 Å². The Bertz CT molecular complexity index is 1350. The fraction of sp³-hybridized carbons (Fsp3) is 0.100. The van der Waals surface area contributed by atoms with Gasteiger partial charge in [0.25, 0.3) is 0 Å². The van der Waals surface area contributed by atoms with E-state index >= 15 is 0 Å². The van der Waals surface area contributed by atoms with E-state index in [1.807, 2.05) is 115 Å². The van der Waals surface area contributed by atoms with Crippen molar-refractivity contribution >= 4 is 23.2 Å². The van der Waals surface area contributed by atoms with E-state index < -0.39 is 6.04 Å². The number of benzodiazepines with no additional fused rings is 1. The second kappa shape index (κ2) is 10.2. The Morgan fingerprint density at radius 2 is 1.40 bits per heavy atom. The Hall–Kier alpha value is -4.51. The van der Waals surface area contributed by atoms with Gasteiger partial charge in [-0.3, -0.25) is 19.5 Å². The van der Waals surface area contributed by atoms with Crippen LogP contribution in [0.1, 0.15) is 28.3 Å². The molecule has 5 heteroatoms. The van der Waals surface area contributed by atoms with Crippen LogP contribution in [0.2, 0.25) is 0 Å². The normalized spacial score (nSPS) is 13.9. The zero-order valence-corrected chi connectivity index (χ0v) is 19.2. The summed E-state index contributed by atoms with van der Waals surface area (Å²) in [5, 5.41) is 3.04. The number of carbonyl (C=O) groups is 2. The van der Waals surface area contributed by atoms with Crippen LogP contribution in [0, 0.1) is 0 Å². The molecule has 5 nitrogen and oxygen atoms in total. The number of para-hydroxylation sites is 1. The molecular weight excluding hydrogens is 434 g/mol. The van der Waals surface area contributed by atoms with Gasteiger partial charge in [-0.05, 0) is 17.2 Å². The molecular formula is C30H25N3O2. The minimum Gasteiger partial charge on any atom is -0.350 e. The lowest BCUT2D eigenvalue weighted by Gasteiger charge is -2.31. The molecule has 4 aromatic rings. The van der Waals surface area contributed by atoms with E-state index in [0.29, 0.717) is 12.2 Å². The van der Waals surface area contributed by atoms with Gasteiger partial charge in [0.05, 0.1) is 11.4 Å². The molecule has 0 bridgehead atoms. The van der Waals surface area contributed by atoms with Crippen molar-refractivity contribution in [2.24, 2.45) is 4.99 Å². The van der Waals surface area contributed by atoms with Crippen LogP contribution in [0.3, 0.4) is 0 Å². The summed E-state index contributed by atoms with van der Waals surface area (Å²) in [6, 6.07) is 35.8. The van der Waals surface area contributed by atoms with Crippen LogP contribution in [0.25, 0.3) is 0 Å². The molecule has 1 unspecified atom stereocenters. The van der Waals surface area contributed by atoms with Gasteiger partial charge >= 0.3 is 0 Å². The minimum absolute atomic E-state index is 0.0474. The molecule has 4 aromatic carbocycles. The van der Waals surface area contributed by atoms with Crippen LogP contribution in [0.15, 0.2) is 120 Å². The number of rotatable bonds is 6. The molecule has 172 valence electrons. The number of hydrogen-bond acceptors (Lipinski definition) is 3. The second-order valence-corrected chi connectivity index (χ2v) is 8.33. The zero-order valence-electron chi connectivity index (χ0n) is 19.2. The Balaban J connectivity index is 1.57. The predicted molar refractivity (Wildman–Crippen MR) is 138 cm³/mol. The molecule has 0 aliphatic carbocycles. The molecule has 1 atom stereocenters. The Morgan fingerprint density at radius 3 is 2.11 bits per heavy atom. The first-order valence-corrected chi connectivity index (χ1v) is 11.6. The summed E-state index contributed by atoms with van der Waals surface area (Å²) in [7, 11) is 0. The maximum atomic E-state index is 13.7. The van der Waals surface area contributed by atoms with Gasteiger partial charge in [0.1, 0.15) is 12.6 Å². The number of aliphatic imine (C=N–C) groups is 1. The number of amides is 2. The van der Waals surface area contributed by atoms with Crippen molar-refractivity contribution in [2.75, 3.05) is 11.4 Å². The molecule has 1 heterocycles. The van der Waals surface area contributed by atoms with Gasteiger partial charge in [-0.1, -0.05) is 109 Å². The third-order valence-corrected chi connectivity index (χ3v) is 6.04. The smallest absolute Gasteiger partial charge is 0.249 e. The highest BCUT2D eigenvalue weighted by atomic mass is 16.2. The van der Waals surface area contributed by atoms with Gasteiger partial charge in [-0.15, -0.1) is 0 Å². The molecule has 1 aliphatic heterocycles. The van der Waals surface area contributed by atoms with Crippen molar-refractivity contribution in [3.8, 4) is 0 Å². The Morgan fingerprint density at radius 1 is 0.800 bits per heavy atom. The summed E-state index contributed by atoms with van der Waals surface area (Å²) >= 11 is 0. The predicted octanol–water partition coefficient (Wildman–Crippen LogP) is 4.93. The monoisotopic (exact) mass is 459 g/mol. The molecule has 0 radical (unpaired) electrons. The third-order valence-electron chi connectivity index (χ3n) is 6.04. The average Bonchev–Trinajstić information content (AvgIpc) is 3.06. The van der Waals surface area contributed by atoms with Crippen molar-refractivity contribution in [1.29, 1.82) is 0 Å². The maximum absolute atomic E-state index is 13.7. The molecule has 0 saturated heterocycles. The molecule has 0 aromatic heterocycles. The molecule has 2 amide bonds. The lowest BCUT2D eigenvalue weighted by molar-refractivity contribution is -0.126. The van der Waals surface area contributed by atoms with Crippen molar-refractivity contribution in [1.82, 2.24) is 5.32 Å². The highest BCUT2D eigenvalue weighted by Crippen LogP contribution is 2.34. The van der Waals surface area contributed by atoms with Gasteiger partial charge in [0.15, 0.2) is 0 Å². The summed E-state index contributed by atoms with van der Waals surface area (Å²) in [6.07, 6.45) is 0. The first-order chi connectivity index (χ1) is 17.2. The van der Waals surface area contributed by atoms with Gasteiger partial charge in [0.2, 0.25) is 11.8 Å². The van der Waals surface area contributed by atoms with Crippen LogP contribution < -0.4 is 10.2 Å². The number of carbonyl (C=O) groups excluding carboxylic acids is 2. The Labute approximate surface area is 204 Å². The van der Waals surface area contributed by atoms with E-state index in [4.69, 9.17) is 0 Å². The summed E-state index contributed by atoms with van der Waals surface area (Å²) in [5.41, 5.74) is 4.89. The fourth-order valence-electron chi connectivity index (χ4n) is 4.39. The second-order valence-electron chi connectivity index (χ2n) is 8.33. The quantitative estimate of drug-likeness (QED) is 0.445. The van der Waals surface area contributed by atoms with E-state index in [1.165, 1.54) is 0 Å². The highest BCUT2D eigenvalue weighted by Gasteiger charge is 2.35. The number of nitrogens with one attached hydrogen (secondary N) is 1. The fourth-order valence-corrected chi connectivity index (χ4v) is 4.39. The van der Waals surface area contributed by atoms with E-state index in [-0.39, 0.29) is 18.4 Å². The number of benzene rings is 4. The van der Waals surface area contributed by atoms with Crippen molar-refractivity contribution < 1.29 is 9.59 Å². The number of nitrogens with zero attached hydrogens (tertiary/aromatic N) is 2. The van der Waals surface area contributed by atoms with Crippen molar-refractivity contribution in [3.63, 3.8) is 0 Å². The first kappa shape index (κ1) is 22.3. The highest BCUT2D eigenvalue weighted by molar-refractivity contribution is 6.20. The summed E-state index contributed by atoms with van der Waals surface area (Å²) in [5.74, 6) is -0.474. The topological polar surface area (TPSA) is 61.8 Å². The molecule has 1 aliphatic rings. The summed E-state index contributed by atoms with van der Waals surface area (Å²) in [4.78, 5) is 33.6. The minimum atomic E-state index is -0.834. The zero-order chi connectivity index (χ0) is 24.0. The lowest BCUT2D eigenvalue weighted by Crippen LogP contribution is -2.44. The molecule has 0 saturated carbocycles. The van der Waals surface area contributed by atoms with E-state index in [2.05, 4.69) is 10.3 Å². The third kappa shape index (κ3) is 4.75. The standard InChI is InChI=1S/C30H25N3O2/c34-27-21-31-28(23-14-6-2-7-15-23)25-18-10-11-19-26(25)33(27)29(24-16-8-3-9-17-24)30(35)32-20-22-12-4-1-5-13-22/h1-19,29H,20-21H2,(H,32,35). The van der Waals surface area contributed by atoms with Crippen molar-refractivity contribution in [3.05, 3.63) is 138 Å². The van der Waals surface area contributed by atoms with Gasteiger partial charge in [-0.25, -0.2) is 0 Å². The van der Waals surface area contributed by atoms with E-state index in [1.54, 1.807) is 4.90 Å². The van der Waals surface area contributed by atoms with Crippen LogP contribution in [0.4, 0.5) is 5.69 Å². The van der Waals surface area contributed by atoms with Crippen LogP contribution in [-0.4, -0.2) is 24.1 Å².